The Kier molecular flexibility index (Phi) is 4.37. The minimum Gasteiger partial charge on any atom is -0.392 e. The molecule has 0 unspecified atom stereocenters. The third kappa shape index (κ3) is 3.09. The summed E-state index contributed by atoms with van der Waals surface area (Å²) in [7, 11) is 1.68. The molecule has 1 aliphatic carbocycles. The fourth-order valence-corrected chi connectivity index (χ4v) is 3.78. The number of nitrogens with zero attached hydrogens (tertiary/aromatic N) is 2. The summed E-state index contributed by atoms with van der Waals surface area (Å²) in [4.78, 5) is 5.68. The summed E-state index contributed by atoms with van der Waals surface area (Å²) < 4.78 is 43.0. The first-order valence-corrected chi connectivity index (χ1v) is 7.80. The van der Waals surface area contributed by atoms with Gasteiger partial charge in [-0.05, 0) is 37.6 Å². The molecule has 3 rings (SSSR count). The molecule has 4 nitrogen and oxygen atoms in total. The lowest BCUT2D eigenvalue weighted by Gasteiger charge is -2.56. The number of halogens is 3. The topological polar surface area (TPSA) is 45.6 Å². The van der Waals surface area contributed by atoms with Crippen molar-refractivity contribution in [2.45, 2.75) is 44.2 Å². The third-order valence-electron chi connectivity index (χ3n) is 5.34. The van der Waals surface area contributed by atoms with E-state index < -0.39 is 11.9 Å². The Morgan fingerprint density at radius 2 is 2.04 bits per heavy atom. The van der Waals surface area contributed by atoms with Crippen LogP contribution in [0.25, 0.3) is 0 Å². The highest BCUT2D eigenvalue weighted by Crippen LogP contribution is 2.50. The molecule has 2 heterocycles. The largest absolute Gasteiger partial charge is 0.433 e. The van der Waals surface area contributed by atoms with Crippen LogP contribution in [0.5, 0.6) is 0 Å². The van der Waals surface area contributed by atoms with E-state index in [1.807, 2.05) is 0 Å². The summed E-state index contributed by atoms with van der Waals surface area (Å²) in [6.07, 6.45) is -0.898. The Bertz CT molecular complexity index is 539. The molecule has 2 atom stereocenters. The molecule has 0 radical (unpaired) electrons. The average Bonchev–Trinajstić information content (AvgIpc) is 2.53. The zero-order valence-electron chi connectivity index (χ0n) is 13.0. The third-order valence-corrected chi connectivity index (χ3v) is 5.34. The molecule has 1 saturated heterocycles. The second kappa shape index (κ2) is 6.03. The van der Waals surface area contributed by atoms with Gasteiger partial charge < -0.3 is 9.84 Å². The smallest absolute Gasteiger partial charge is 0.392 e. The first-order valence-electron chi connectivity index (χ1n) is 7.80. The molecular formula is C16H21F3N2O2. The predicted octanol–water partition coefficient (Wildman–Crippen LogP) is 2.46. The number of aliphatic hydroxyl groups is 1. The van der Waals surface area contributed by atoms with Gasteiger partial charge in [-0.3, -0.25) is 9.88 Å². The van der Waals surface area contributed by atoms with Crippen molar-refractivity contribution in [1.82, 2.24) is 9.88 Å². The van der Waals surface area contributed by atoms with Gasteiger partial charge in [0.2, 0.25) is 0 Å². The number of likely N-dealkylation sites (tertiary alicyclic amines) is 1. The van der Waals surface area contributed by atoms with E-state index in [2.05, 4.69) is 9.88 Å². The molecule has 2 aliphatic rings. The summed E-state index contributed by atoms with van der Waals surface area (Å²) in [5, 5.41) is 10.1. The molecule has 0 amide bonds. The maximum absolute atomic E-state index is 12.5. The SMILES string of the molecule is CO[C@H]1C[C@@H](O)C12CCN(Cc1ccc(C(F)(F)F)nc1)CC2. The van der Waals surface area contributed by atoms with E-state index in [4.69, 9.17) is 4.74 Å². The second-order valence-electron chi connectivity index (χ2n) is 6.53. The van der Waals surface area contributed by atoms with Gasteiger partial charge in [-0.15, -0.1) is 0 Å². The zero-order chi connectivity index (χ0) is 16.7. The van der Waals surface area contributed by atoms with Crippen molar-refractivity contribution < 1.29 is 23.0 Å². The van der Waals surface area contributed by atoms with Gasteiger partial charge >= 0.3 is 6.18 Å². The number of hydrogen-bond acceptors (Lipinski definition) is 4. The summed E-state index contributed by atoms with van der Waals surface area (Å²) in [5.41, 5.74) is -0.227. The van der Waals surface area contributed by atoms with Crippen molar-refractivity contribution in [3.63, 3.8) is 0 Å². The second-order valence-corrected chi connectivity index (χ2v) is 6.53. The van der Waals surface area contributed by atoms with Crippen molar-refractivity contribution in [2.75, 3.05) is 20.2 Å². The number of ether oxygens (including phenoxy) is 1. The monoisotopic (exact) mass is 330 g/mol. The first-order chi connectivity index (χ1) is 10.8. The van der Waals surface area contributed by atoms with Crippen LogP contribution in [0.4, 0.5) is 13.2 Å². The molecule has 1 spiro atoms. The fourth-order valence-electron chi connectivity index (χ4n) is 3.78. The molecule has 23 heavy (non-hydrogen) atoms. The highest BCUT2D eigenvalue weighted by molar-refractivity contribution is 5.16. The van der Waals surface area contributed by atoms with Crippen LogP contribution in [0.2, 0.25) is 0 Å². The number of pyridine rings is 1. The van der Waals surface area contributed by atoms with Gasteiger partial charge in [-0.2, -0.15) is 13.2 Å². The van der Waals surface area contributed by atoms with E-state index >= 15 is 0 Å². The molecular weight excluding hydrogens is 309 g/mol. The highest BCUT2D eigenvalue weighted by Gasteiger charge is 2.55. The van der Waals surface area contributed by atoms with Gasteiger partial charge in [0.15, 0.2) is 0 Å². The standard InChI is InChI=1S/C16H21F3N2O2/c1-23-14-8-13(22)15(14)4-6-21(7-5-15)10-11-2-3-12(20-9-11)16(17,18)19/h2-3,9,13-14,22H,4-8,10H2,1H3/t13-,14+/m1/s1. The summed E-state index contributed by atoms with van der Waals surface area (Å²) in [6.45, 7) is 2.19. The lowest BCUT2D eigenvalue weighted by molar-refractivity contribution is -0.201. The fraction of sp³-hybridized carbons (Fsp3) is 0.688. The normalized spacial score (nSPS) is 27.9. The Morgan fingerprint density at radius 3 is 2.52 bits per heavy atom. The molecule has 1 N–H and O–H groups in total. The van der Waals surface area contributed by atoms with Crippen LogP contribution >= 0.6 is 0 Å². The van der Waals surface area contributed by atoms with Crippen molar-refractivity contribution in [1.29, 1.82) is 0 Å². The van der Waals surface area contributed by atoms with Gasteiger partial charge in [-0.25, -0.2) is 0 Å². The molecule has 1 saturated carbocycles. The van der Waals surface area contributed by atoms with Crippen molar-refractivity contribution in [3.05, 3.63) is 29.6 Å². The lowest BCUT2D eigenvalue weighted by atomic mass is 9.58. The maximum atomic E-state index is 12.5. The van der Waals surface area contributed by atoms with E-state index in [9.17, 15) is 18.3 Å². The first kappa shape index (κ1) is 16.7. The van der Waals surface area contributed by atoms with Gasteiger partial charge in [0.25, 0.3) is 0 Å². The molecule has 2 fully saturated rings. The van der Waals surface area contributed by atoms with Crippen LogP contribution in [-0.4, -0.2) is 47.4 Å². The van der Waals surface area contributed by atoms with Crippen LogP contribution in [0.15, 0.2) is 18.3 Å². The average molecular weight is 330 g/mol. The number of hydrogen-bond donors (Lipinski definition) is 1. The van der Waals surface area contributed by atoms with E-state index in [1.165, 1.54) is 12.3 Å². The van der Waals surface area contributed by atoms with Crippen LogP contribution in [0, 0.1) is 5.41 Å². The summed E-state index contributed by atoms with van der Waals surface area (Å²) in [5.74, 6) is 0. The van der Waals surface area contributed by atoms with E-state index in [0.29, 0.717) is 13.0 Å². The summed E-state index contributed by atoms with van der Waals surface area (Å²) >= 11 is 0. The molecule has 0 bridgehead atoms. The van der Waals surface area contributed by atoms with Crippen molar-refractivity contribution in [2.24, 2.45) is 5.41 Å². The number of methoxy groups -OCH3 is 1. The maximum Gasteiger partial charge on any atom is 0.433 e. The number of aromatic nitrogens is 1. The lowest BCUT2D eigenvalue weighted by Crippen LogP contribution is -2.61. The highest BCUT2D eigenvalue weighted by atomic mass is 19.4. The van der Waals surface area contributed by atoms with Crippen LogP contribution in [-0.2, 0) is 17.5 Å². The molecule has 1 aromatic heterocycles. The number of piperidine rings is 1. The van der Waals surface area contributed by atoms with E-state index in [1.54, 1.807) is 7.11 Å². The Balaban J connectivity index is 1.57. The Hall–Kier alpha value is -1.18. The minimum absolute atomic E-state index is 0.118. The summed E-state index contributed by atoms with van der Waals surface area (Å²) in [6, 6.07) is 2.51. The van der Waals surface area contributed by atoms with Gasteiger partial charge in [0.1, 0.15) is 5.69 Å². The molecule has 7 heteroatoms. The Morgan fingerprint density at radius 1 is 1.35 bits per heavy atom. The van der Waals surface area contributed by atoms with Crippen molar-refractivity contribution >= 4 is 0 Å². The van der Waals surface area contributed by atoms with Crippen LogP contribution in [0.3, 0.4) is 0 Å². The van der Waals surface area contributed by atoms with E-state index in [0.717, 1.165) is 37.6 Å². The van der Waals surface area contributed by atoms with Gasteiger partial charge in [-0.1, -0.05) is 6.07 Å². The molecule has 0 aromatic carbocycles. The Labute approximate surface area is 133 Å². The van der Waals surface area contributed by atoms with Crippen LogP contribution in [0.1, 0.15) is 30.5 Å². The molecule has 1 aromatic rings. The molecule has 128 valence electrons. The van der Waals surface area contributed by atoms with Crippen molar-refractivity contribution in [3.8, 4) is 0 Å². The predicted molar refractivity (Wildman–Crippen MR) is 77.6 cm³/mol. The van der Waals surface area contributed by atoms with Crippen LogP contribution < -0.4 is 0 Å². The van der Waals surface area contributed by atoms with E-state index in [-0.39, 0.29) is 17.6 Å². The number of rotatable bonds is 3. The number of alkyl halides is 3. The zero-order valence-corrected chi connectivity index (χ0v) is 13.0. The number of aliphatic hydroxyl groups excluding tert-OH is 1. The quantitative estimate of drug-likeness (QED) is 0.925. The van der Waals surface area contributed by atoms with Gasteiger partial charge in [0.05, 0.1) is 12.2 Å². The molecule has 1 aliphatic heterocycles. The van der Waals surface area contributed by atoms with Gasteiger partial charge in [0, 0.05) is 31.7 Å². The minimum atomic E-state index is -4.40.